The number of fused-ring (bicyclic) bond motifs is 1. The third kappa shape index (κ3) is 4.52. The minimum absolute atomic E-state index is 0. The van der Waals surface area contributed by atoms with E-state index in [1.165, 1.54) is 0 Å². The van der Waals surface area contributed by atoms with E-state index in [1.54, 1.807) is 0 Å². The van der Waals surface area contributed by atoms with Gasteiger partial charge in [0, 0.05) is 18.5 Å². The summed E-state index contributed by atoms with van der Waals surface area (Å²) in [5.74, 6) is 1.25. The molecule has 0 saturated carbocycles. The van der Waals surface area contributed by atoms with Crippen LogP contribution in [0.4, 0.5) is 4.39 Å². The van der Waals surface area contributed by atoms with Crippen molar-refractivity contribution in [1.29, 1.82) is 0 Å². The van der Waals surface area contributed by atoms with Gasteiger partial charge in [-0.2, -0.15) is 0 Å². The van der Waals surface area contributed by atoms with Crippen molar-refractivity contribution in [3.8, 4) is 5.75 Å². The van der Waals surface area contributed by atoms with Gasteiger partial charge in [-0.1, -0.05) is 18.2 Å². The van der Waals surface area contributed by atoms with Crippen molar-refractivity contribution in [1.82, 2.24) is 5.32 Å². The van der Waals surface area contributed by atoms with Gasteiger partial charge in [-0.05, 0) is 12.5 Å². The zero-order valence-corrected chi connectivity index (χ0v) is 13.0. The predicted octanol–water partition coefficient (Wildman–Crippen LogP) is 2.39. The molecule has 1 aromatic rings. The van der Waals surface area contributed by atoms with Crippen LogP contribution in [0.2, 0.25) is 0 Å². The average molecular weight is 379 g/mol. The van der Waals surface area contributed by atoms with Crippen LogP contribution in [0.5, 0.6) is 5.75 Å². The van der Waals surface area contributed by atoms with Crippen LogP contribution in [0.15, 0.2) is 29.3 Å². The fraction of sp³-hybridized carbons (Fsp3) is 0.462. The number of benzene rings is 1. The summed E-state index contributed by atoms with van der Waals surface area (Å²) in [5.41, 5.74) is 6.87. The second-order valence-corrected chi connectivity index (χ2v) is 4.18. The third-order valence-electron chi connectivity index (χ3n) is 2.85. The Morgan fingerprint density at radius 2 is 2.26 bits per heavy atom. The van der Waals surface area contributed by atoms with Gasteiger partial charge < -0.3 is 15.8 Å². The monoisotopic (exact) mass is 379 g/mol. The molecule has 19 heavy (non-hydrogen) atoms. The Morgan fingerprint density at radius 1 is 1.47 bits per heavy atom. The molecule has 4 nitrogen and oxygen atoms in total. The minimum atomic E-state index is -0.364. The molecule has 1 aliphatic rings. The number of hydrogen-bond donors (Lipinski definition) is 2. The molecule has 0 aliphatic carbocycles. The standard InChI is InChI=1S/C13H18FN3O.HI/c14-7-3-8-16-13(15)17-11-6-9-18-12-5-2-1-4-10(11)12;/h1-2,4-5,11H,3,6-9H2,(H3,15,16,17);1H. The van der Waals surface area contributed by atoms with Gasteiger partial charge in [-0.25, -0.2) is 0 Å². The predicted molar refractivity (Wildman–Crippen MR) is 84.9 cm³/mol. The van der Waals surface area contributed by atoms with Crippen molar-refractivity contribution in [2.24, 2.45) is 10.7 Å². The molecule has 6 heteroatoms. The van der Waals surface area contributed by atoms with Crippen LogP contribution in [0, 0.1) is 0 Å². The summed E-state index contributed by atoms with van der Waals surface area (Å²) in [5, 5.41) is 3.16. The molecule has 1 heterocycles. The van der Waals surface area contributed by atoms with E-state index in [1.807, 2.05) is 24.3 Å². The number of halogens is 2. The Kier molecular flexibility index (Phi) is 6.90. The maximum absolute atomic E-state index is 12.0. The minimum Gasteiger partial charge on any atom is -0.493 e. The van der Waals surface area contributed by atoms with E-state index >= 15 is 0 Å². The Hall–Kier alpha value is -1.05. The number of aliphatic imine (C=N–C) groups is 1. The van der Waals surface area contributed by atoms with Crippen molar-refractivity contribution >= 4 is 29.9 Å². The zero-order valence-electron chi connectivity index (χ0n) is 10.6. The van der Waals surface area contributed by atoms with Crippen molar-refractivity contribution < 1.29 is 9.13 Å². The van der Waals surface area contributed by atoms with Crippen LogP contribution >= 0.6 is 24.0 Å². The van der Waals surface area contributed by atoms with Gasteiger partial charge in [0.2, 0.25) is 0 Å². The average Bonchev–Trinajstić information content (AvgIpc) is 2.39. The lowest BCUT2D eigenvalue weighted by Crippen LogP contribution is -2.37. The molecular weight excluding hydrogens is 360 g/mol. The molecule has 1 atom stereocenters. The fourth-order valence-corrected chi connectivity index (χ4v) is 1.98. The summed E-state index contributed by atoms with van der Waals surface area (Å²) in [6.45, 7) is 0.712. The lowest BCUT2D eigenvalue weighted by Gasteiger charge is -2.26. The molecular formula is C13H19FIN3O. The van der Waals surface area contributed by atoms with E-state index in [2.05, 4.69) is 10.3 Å². The first-order valence-electron chi connectivity index (χ1n) is 6.15. The molecule has 1 aromatic carbocycles. The molecule has 0 spiro atoms. The number of nitrogens with zero attached hydrogens (tertiary/aromatic N) is 1. The van der Waals surface area contributed by atoms with Crippen molar-refractivity contribution in [3.05, 3.63) is 29.8 Å². The Morgan fingerprint density at radius 3 is 3.05 bits per heavy atom. The molecule has 1 aliphatic heterocycles. The first-order chi connectivity index (χ1) is 8.81. The van der Waals surface area contributed by atoms with Gasteiger partial charge in [0.25, 0.3) is 0 Å². The van der Waals surface area contributed by atoms with Crippen molar-refractivity contribution in [2.45, 2.75) is 18.9 Å². The number of rotatable bonds is 4. The van der Waals surface area contributed by atoms with Crippen LogP contribution in [0.25, 0.3) is 0 Å². The molecule has 0 fully saturated rings. The number of nitrogens with two attached hydrogens (primary N) is 1. The highest BCUT2D eigenvalue weighted by atomic mass is 127. The van der Waals surface area contributed by atoms with Crippen LogP contribution in [-0.4, -0.2) is 25.8 Å². The second kappa shape index (κ2) is 8.19. The molecule has 0 radical (unpaired) electrons. The largest absolute Gasteiger partial charge is 0.493 e. The first kappa shape index (κ1) is 16.0. The maximum atomic E-state index is 12.0. The van der Waals surface area contributed by atoms with E-state index < -0.39 is 0 Å². The smallest absolute Gasteiger partial charge is 0.189 e. The van der Waals surface area contributed by atoms with E-state index in [-0.39, 0.29) is 36.7 Å². The molecule has 2 rings (SSSR count). The highest BCUT2D eigenvalue weighted by Gasteiger charge is 2.20. The quantitative estimate of drug-likeness (QED) is 0.366. The lowest BCUT2D eigenvalue weighted by atomic mass is 10.0. The van der Waals surface area contributed by atoms with E-state index in [9.17, 15) is 4.39 Å². The topological polar surface area (TPSA) is 59.6 Å². The summed E-state index contributed by atoms with van der Waals surface area (Å²) in [4.78, 5) is 4.08. The van der Waals surface area contributed by atoms with Crippen LogP contribution in [0.1, 0.15) is 24.4 Å². The van der Waals surface area contributed by atoms with Gasteiger partial charge >= 0.3 is 0 Å². The van der Waals surface area contributed by atoms with Gasteiger partial charge in [0.15, 0.2) is 5.96 Å². The van der Waals surface area contributed by atoms with Gasteiger partial charge in [0.1, 0.15) is 5.75 Å². The van der Waals surface area contributed by atoms with Crippen LogP contribution in [-0.2, 0) is 0 Å². The lowest BCUT2D eigenvalue weighted by molar-refractivity contribution is 0.262. The zero-order chi connectivity index (χ0) is 12.8. The van der Waals surface area contributed by atoms with E-state index in [0.717, 1.165) is 17.7 Å². The summed E-state index contributed by atoms with van der Waals surface area (Å²) in [7, 11) is 0. The number of alkyl halides is 1. The van der Waals surface area contributed by atoms with Gasteiger partial charge in [-0.3, -0.25) is 9.38 Å². The number of ether oxygens (including phenoxy) is 1. The summed E-state index contributed by atoms with van der Waals surface area (Å²) in [6.07, 6.45) is 1.25. The summed E-state index contributed by atoms with van der Waals surface area (Å²) >= 11 is 0. The number of nitrogens with one attached hydrogen (secondary N) is 1. The summed E-state index contributed by atoms with van der Waals surface area (Å²) in [6, 6.07) is 7.99. The molecule has 0 bridgehead atoms. The first-order valence-corrected chi connectivity index (χ1v) is 6.15. The maximum Gasteiger partial charge on any atom is 0.189 e. The SMILES string of the molecule is I.NC(=NCCCF)NC1CCOc2ccccc21. The Bertz CT molecular complexity index is 428. The molecule has 1 unspecified atom stereocenters. The van der Waals surface area contributed by atoms with Crippen LogP contribution in [0.3, 0.4) is 0 Å². The van der Waals surface area contributed by atoms with Gasteiger partial charge in [-0.15, -0.1) is 24.0 Å². The Labute approximate surface area is 129 Å². The van der Waals surface area contributed by atoms with Crippen molar-refractivity contribution in [2.75, 3.05) is 19.8 Å². The molecule has 0 saturated heterocycles. The molecule has 3 N–H and O–H groups in total. The molecule has 106 valence electrons. The highest BCUT2D eigenvalue weighted by Crippen LogP contribution is 2.31. The summed E-state index contributed by atoms with van der Waals surface area (Å²) < 4.78 is 17.5. The Balaban J connectivity index is 0.00000180. The number of hydrogen-bond acceptors (Lipinski definition) is 2. The second-order valence-electron chi connectivity index (χ2n) is 4.18. The van der Waals surface area contributed by atoms with Crippen LogP contribution < -0.4 is 15.8 Å². The third-order valence-corrected chi connectivity index (χ3v) is 2.85. The molecule has 0 aromatic heterocycles. The highest BCUT2D eigenvalue weighted by molar-refractivity contribution is 14.0. The normalized spacial score (nSPS) is 17.9. The molecule has 0 amide bonds. The van der Waals surface area contributed by atoms with Crippen molar-refractivity contribution in [3.63, 3.8) is 0 Å². The fourth-order valence-electron chi connectivity index (χ4n) is 1.98. The number of guanidine groups is 1. The van der Waals surface area contributed by atoms with E-state index in [0.29, 0.717) is 25.5 Å². The number of para-hydroxylation sites is 1. The van der Waals surface area contributed by atoms with Gasteiger partial charge in [0.05, 0.1) is 19.3 Å². The van der Waals surface area contributed by atoms with E-state index in [4.69, 9.17) is 10.5 Å².